The number of anilines is 1. The smallest absolute Gasteiger partial charge is 0.339 e. The Hall–Kier alpha value is -2.11. The molecular weight excluding hydrogens is 368 g/mol. The number of rotatable bonds is 5. The lowest BCUT2D eigenvalue weighted by molar-refractivity contribution is 0.0526. The van der Waals surface area contributed by atoms with E-state index >= 15 is 0 Å². The summed E-state index contributed by atoms with van der Waals surface area (Å²) in [5.41, 5.74) is 4.63. The van der Waals surface area contributed by atoms with Gasteiger partial charge in [-0.25, -0.2) is 4.79 Å². The van der Waals surface area contributed by atoms with E-state index in [0.29, 0.717) is 28.0 Å². The van der Waals surface area contributed by atoms with Crippen molar-refractivity contribution in [2.45, 2.75) is 33.7 Å². The molecule has 0 saturated carbocycles. The summed E-state index contributed by atoms with van der Waals surface area (Å²) in [5, 5.41) is 7.15. The summed E-state index contributed by atoms with van der Waals surface area (Å²) in [7, 11) is 0. The van der Waals surface area contributed by atoms with Crippen LogP contribution >= 0.6 is 23.8 Å². The van der Waals surface area contributed by atoms with Crippen molar-refractivity contribution in [3.63, 3.8) is 0 Å². The summed E-state index contributed by atoms with van der Waals surface area (Å²) < 4.78 is 5.01. The molecule has 2 rings (SSSR count). The van der Waals surface area contributed by atoms with Gasteiger partial charge in [0.15, 0.2) is 5.11 Å². The van der Waals surface area contributed by atoms with Gasteiger partial charge in [-0.1, -0.05) is 29.8 Å². The molecule has 2 aromatic rings. The molecule has 2 N–H and O–H groups in total. The van der Waals surface area contributed by atoms with E-state index in [9.17, 15) is 4.79 Å². The van der Waals surface area contributed by atoms with Crippen LogP contribution in [0.1, 0.15) is 46.9 Å². The molecule has 0 saturated heterocycles. The lowest BCUT2D eigenvalue weighted by Crippen LogP contribution is -2.31. The van der Waals surface area contributed by atoms with E-state index in [0.717, 1.165) is 5.56 Å². The highest BCUT2D eigenvalue weighted by atomic mass is 35.5. The van der Waals surface area contributed by atoms with E-state index in [4.69, 9.17) is 28.6 Å². The first-order valence-electron chi connectivity index (χ1n) is 8.43. The van der Waals surface area contributed by atoms with Gasteiger partial charge in [-0.2, -0.15) is 0 Å². The molecule has 0 aliphatic heterocycles. The van der Waals surface area contributed by atoms with Crippen LogP contribution in [-0.2, 0) is 4.74 Å². The predicted octanol–water partition coefficient (Wildman–Crippen LogP) is 5.18. The van der Waals surface area contributed by atoms with Crippen molar-refractivity contribution in [3.05, 3.63) is 63.7 Å². The van der Waals surface area contributed by atoms with Crippen LogP contribution in [-0.4, -0.2) is 17.7 Å². The quantitative estimate of drug-likeness (QED) is 0.544. The average Bonchev–Trinajstić information content (AvgIpc) is 2.59. The van der Waals surface area contributed by atoms with Gasteiger partial charge in [0.25, 0.3) is 0 Å². The predicted molar refractivity (Wildman–Crippen MR) is 111 cm³/mol. The highest BCUT2D eigenvalue weighted by molar-refractivity contribution is 7.80. The lowest BCUT2D eigenvalue weighted by Gasteiger charge is -2.18. The minimum Gasteiger partial charge on any atom is -0.462 e. The van der Waals surface area contributed by atoms with E-state index in [2.05, 4.69) is 42.7 Å². The zero-order chi connectivity index (χ0) is 19.3. The van der Waals surface area contributed by atoms with Gasteiger partial charge in [0.2, 0.25) is 0 Å². The molecule has 1 unspecified atom stereocenters. The minimum absolute atomic E-state index is 0.0473. The molecule has 0 spiro atoms. The third-order valence-corrected chi connectivity index (χ3v) is 4.65. The van der Waals surface area contributed by atoms with Crippen LogP contribution in [0.3, 0.4) is 0 Å². The first-order valence-corrected chi connectivity index (χ1v) is 9.21. The van der Waals surface area contributed by atoms with Crippen molar-refractivity contribution < 1.29 is 9.53 Å². The topological polar surface area (TPSA) is 50.4 Å². The van der Waals surface area contributed by atoms with Crippen LogP contribution in [0.5, 0.6) is 0 Å². The van der Waals surface area contributed by atoms with Crippen molar-refractivity contribution in [2.75, 3.05) is 11.9 Å². The highest BCUT2D eigenvalue weighted by Crippen LogP contribution is 2.22. The Kier molecular flexibility index (Phi) is 7.00. The van der Waals surface area contributed by atoms with E-state index in [1.165, 1.54) is 11.1 Å². The number of thiocarbonyl (C=S) groups is 1. The summed E-state index contributed by atoms with van der Waals surface area (Å²) in [6.07, 6.45) is 0. The largest absolute Gasteiger partial charge is 0.462 e. The van der Waals surface area contributed by atoms with Gasteiger partial charge in [-0.3, -0.25) is 0 Å². The van der Waals surface area contributed by atoms with Crippen LogP contribution in [0.15, 0.2) is 36.4 Å². The number of aryl methyl sites for hydroxylation is 2. The van der Waals surface area contributed by atoms with Crippen LogP contribution in [0.25, 0.3) is 0 Å². The summed E-state index contributed by atoms with van der Waals surface area (Å²) in [6, 6.07) is 11.4. The fourth-order valence-electron chi connectivity index (χ4n) is 2.45. The van der Waals surface area contributed by atoms with Crippen molar-refractivity contribution >= 4 is 40.6 Å². The summed E-state index contributed by atoms with van der Waals surface area (Å²) in [5.74, 6) is -0.455. The second-order valence-electron chi connectivity index (χ2n) is 6.08. The number of benzene rings is 2. The monoisotopic (exact) mass is 390 g/mol. The van der Waals surface area contributed by atoms with E-state index < -0.39 is 5.97 Å². The summed E-state index contributed by atoms with van der Waals surface area (Å²) in [4.78, 5) is 11.9. The second kappa shape index (κ2) is 9.01. The molecule has 138 valence electrons. The SMILES string of the molecule is CCOC(=O)c1cc(NC(=S)NC(C)c2ccc(C)c(C)c2)ccc1Cl. The number of hydrogen-bond donors (Lipinski definition) is 2. The van der Waals surface area contributed by atoms with Crippen molar-refractivity contribution in [3.8, 4) is 0 Å². The molecule has 0 aliphatic rings. The molecule has 6 heteroatoms. The van der Waals surface area contributed by atoms with Gasteiger partial charge >= 0.3 is 5.97 Å². The molecule has 0 aliphatic carbocycles. The van der Waals surface area contributed by atoms with Gasteiger partial charge in [0.05, 0.1) is 23.2 Å². The Morgan fingerprint density at radius 1 is 1.19 bits per heavy atom. The zero-order valence-corrected chi connectivity index (χ0v) is 16.9. The fourth-order valence-corrected chi connectivity index (χ4v) is 2.94. The number of carbonyl (C=O) groups is 1. The first kappa shape index (κ1) is 20.2. The average molecular weight is 391 g/mol. The minimum atomic E-state index is -0.455. The highest BCUT2D eigenvalue weighted by Gasteiger charge is 2.13. The van der Waals surface area contributed by atoms with E-state index in [1.807, 2.05) is 6.92 Å². The first-order chi connectivity index (χ1) is 12.3. The van der Waals surface area contributed by atoms with Crippen LogP contribution in [0.4, 0.5) is 5.69 Å². The van der Waals surface area contributed by atoms with Crippen molar-refractivity contribution in [1.29, 1.82) is 0 Å². The number of ether oxygens (including phenoxy) is 1. The van der Waals surface area contributed by atoms with Gasteiger partial charge in [-0.05, 0) is 74.8 Å². The number of carbonyl (C=O) groups excluding carboxylic acids is 1. The number of halogens is 1. The Morgan fingerprint density at radius 2 is 1.92 bits per heavy atom. The number of hydrogen-bond acceptors (Lipinski definition) is 3. The second-order valence-corrected chi connectivity index (χ2v) is 6.89. The van der Waals surface area contributed by atoms with Gasteiger partial charge in [0.1, 0.15) is 0 Å². The molecule has 1 atom stereocenters. The molecule has 0 radical (unpaired) electrons. The molecule has 4 nitrogen and oxygen atoms in total. The molecule has 2 aromatic carbocycles. The van der Waals surface area contributed by atoms with Crippen molar-refractivity contribution in [1.82, 2.24) is 5.32 Å². The Bertz CT molecular complexity index is 823. The number of esters is 1. The maximum Gasteiger partial charge on any atom is 0.339 e. The maximum absolute atomic E-state index is 11.9. The fraction of sp³-hybridized carbons (Fsp3) is 0.300. The Labute approximate surface area is 164 Å². The molecule has 0 fully saturated rings. The van der Waals surface area contributed by atoms with Crippen LogP contribution < -0.4 is 10.6 Å². The van der Waals surface area contributed by atoms with Crippen LogP contribution in [0.2, 0.25) is 5.02 Å². The Balaban J connectivity index is 2.06. The lowest BCUT2D eigenvalue weighted by atomic mass is 10.0. The molecule has 0 bridgehead atoms. The standard InChI is InChI=1S/C20H23ClN2O2S/c1-5-25-19(24)17-11-16(8-9-18(17)21)23-20(26)22-14(4)15-7-6-12(2)13(3)10-15/h6-11,14H,5H2,1-4H3,(H2,22,23,26). The summed E-state index contributed by atoms with van der Waals surface area (Å²) in [6.45, 7) is 8.27. The number of nitrogens with one attached hydrogen (secondary N) is 2. The normalized spacial score (nSPS) is 11.6. The van der Waals surface area contributed by atoms with E-state index in [1.54, 1.807) is 25.1 Å². The zero-order valence-electron chi connectivity index (χ0n) is 15.4. The van der Waals surface area contributed by atoms with Gasteiger partial charge in [-0.15, -0.1) is 0 Å². The third-order valence-electron chi connectivity index (χ3n) is 4.10. The van der Waals surface area contributed by atoms with Crippen LogP contribution in [0, 0.1) is 13.8 Å². The van der Waals surface area contributed by atoms with E-state index in [-0.39, 0.29) is 6.04 Å². The van der Waals surface area contributed by atoms with Crippen molar-refractivity contribution in [2.24, 2.45) is 0 Å². The molecular formula is C20H23ClN2O2S. The van der Waals surface area contributed by atoms with Gasteiger partial charge in [0, 0.05) is 5.69 Å². The summed E-state index contributed by atoms with van der Waals surface area (Å²) >= 11 is 11.5. The molecule has 26 heavy (non-hydrogen) atoms. The Morgan fingerprint density at radius 3 is 2.58 bits per heavy atom. The maximum atomic E-state index is 11.9. The third kappa shape index (κ3) is 5.19. The molecule has 0 heterocycles. The van der Waals surface area contributed by atoms with Gasteiger partial charge < -0.3 is 15.4 Å². The molecule has 0 aromatic heterocycles. The molecule has 0 amide bonds.